The second-order valence-electron chi connectivity index (χ2n) is 4.59. The first kappa shape index (κ1) is 12.2. The molecular formula is C11H18N2O4. The fourth-order valence-electron chi connectivity index (χ4n) is 2.26. The van der Waals surface area contributed by atoms with Crippen molar-refractivity contribution < 1.29 is 19.4 Å². The van der Waals surface area contributed by atoms with Crippen molar-refractivity contribution >= 4 is 12.0 Å². The number of rotatable bonds is 3. The molecule has 2 saturated heterocycles. The second-order valence-corrected chi connectivity index (χ2v) is 4.59. The first-order chi connectivity index (χ1) is 8.16. The number of hydrogen-bond acceptors (Lipinski definition) is 3. The monoisotopic (exact) mass is 242 g/mol. The fraction of sp³-hybridized carbons (Fsp3) is 0.818. The van der Waals surface area contributed by atoms with Gasteiger partial charge in [0.15, 0.2) is 0 Å². The van der Waals surface area contributed by atoms with Crippen molar-refractivity contribution in [3.05, 3.63) is 0 Å². The van der Waals surface area contributed by atoms with E-state index in [2.05, 4.69) is 5.32 Å². The van der Waals surface area contributed by atoms with E-state index in [0.717, 1.165) is 19.4 Å². The maximum Gasteiger partial charge on any atom is 0.317 e. The molecule has 2 unspecified atom stereocenters. The average Bonchev–Trinajstić information content (AvgIpc) is 2.96. The van der Waals surface area contributed by atoms with Crippen molar-refractivity contribution in [3.63, 3.8) is 0 Å². The van der Waals surface area contributed by atoms with E-state index in [1.807, 2.05) is 0 Å². The zero-order valence-electron chi connectivity index (χ0n) is 9.72. The number of urea groups is 1. The van der Waals surface area contributed by atoms with Crippen molar-refractivity contribution in [2.24, 2.45) is 5.92 Å². The number of nitrogens with zero attached hydrogens (tertiary/aromatic N) is 1. The van der Waals surface area contributed by atoms with E-state index in [1.54, 1.807) is 4.90 Å². The van der Waals surface area contributed by atoms with Crippen LogP contribution >= 0.6 is 0 Å². The lowest BCUT2D eigenvalue weighted by atomic mass is 10.1. The zero-order valence-corrected chi connectivity index (χ0v) is 9.72. The number of carbonyl (C=O) groups is 2. The number of amides is 2. The van der Waals surface area contributed by atoms with Gasteiger partial charge < -0.3 is 20.1 Å². The Morgan fingerprint density at radius 1 is 1.41 bits per heavy atom. The van der Waals surface area contributed by atoms with Gasteiger partial charge in [0.1, 0.15) is 0 Å². The van der Waals surface area contributed by atoms with Crippen molar-refractivity contribution in [1.82, 2.24) is 10.2 Å². The first-order valence-electron chi connectivity index (χ1n) is 6.04. The molecule has 6 heteroatoms. The van der Waals surface area contributed by atoms with Crippen molar-refractivity contribution in [3.8, 4) is 0 Å². The molecule has 2 aliphatic heterocycles. The Hall–Kier alpha value is -1.30. The Labute approximate surface area is 99.9 Å². The third-order valence-electron chi connectivity index (χ3n) is 3.33. The minimum atomic E-state index is -0.820. The van der Waals surface area contributed by atoms with Crippen LogP contribution in [0.3, 0.4) is 0 Å². The number of carboxylic acid groups (broad SMARTS) is 1. The highest BCUT2D eigenvalue weighted by atomic mass is 16.5. The first-order valence-corrected chi connectivity index (χ1v) is 6.04. The Morgan fingerprint density at radius 3 is 2.82 bits per heavy atom. The molecule has 2 aliphatic rings. The summed E-state index contributed by atoms with van der Waals surface area (Å²) in [6, 6.07) is -0.177. The third-order valence-corrected chi connectivity index (χ3v) is 3.33. The van der Waals surface area contributed by atoms with Gasteiger partial charge in [-0.2, -0.15) is 0 Å². The molecule has 2 fully saturated rings. The number of likely N-dealkylation sites (tertiary alicyclic amines) is 1. The number of aliphatic carboxylic acids is 1. The van der Waals surface area contributed by atoms with E-state index in [-0.39, 0.29) is 12.1 Å². The van der Waals surface area contributed by atoms with Gasteiger partial charge in [0.2, 0.25) is 0 Å². The molecule has 2 rings (SSSR count). The van der Waals surface area contributed by atoms with Gasteiger partial charge >= 0.3 is 12.0 Å². The predicted molar refractivity (Wildman–Crippen MR) is 59.7 cm³/mol. The van der Waals surface area contributed by atoms with Gasteiger partial charge in [-0.15, -0.1) is 0 Å². The molecule has 0 aromatic rings. The summed E-state index contributed by atoms with van der Waals surface area (Å²) >= 11 is 0. The molecule has 96 valence electrons. The molecule has 2 heterocycles. The van der Waals surface area contributed by atoms with E-state index in [9.17, 15) is 9.59 Å². The summed E-state index contributed by atoms with van der Waals surface area (Å²) in [7, 11) is 0. The van der Waals surface area contributed by atoms with Gasteiger partial charge in [-0.05, 0) is 19.3 Å². The Bertz CT molecular complexity index is 302. The van der Waals surface area contributed by atoms with Gasteiger partial charge in [0.05, 0.1) is 12.0 Å². The van der Waals surface area contributed by atoms with Crippen LogP contribution in [0.1, 0.15) is 19.3 Å². The van der Waals surface area contributed by atoms with E-state index in [0.29, 0.717) is 26.1 Å². The van der Waals surface area contributed by atoms with Crippen LogP contribution in [0.4, 0.5) is 4.79 Å². The van der Waals surface area contributed by atoms with Gasteiger partial charge in [-0.3, -0.25) is 4.79 Å². The van der Waals surface area contributed by atoms with Crippen molar-refractivity contribution in [2.45, 2.75) is 25.4 Å². The summed E-state index contributed by atoms with van der Waals surface area (Å²) in [5.41, 5.74) is 0. The molecule has 0 radical (unpaired) electrons. The summed E-state index contributed by atoms with van der Waals surface area (Å²) < 4.78 is 5.40. The van der Waals surface area contributed by atoms with Gasteiger partial charge in [-0.25, -0.2) is 4.79 Å². The quantitative estimate of drug-likeness (QED) is 0.745. The normalized spacial score (nSPS) is 28.4. The van der Waals surface area contributed by atoms with Gasteiger partial charge in [0.25, 0.3) is 0 Å². The van der Waals surface area contributed by atoms with Crippen LogP contribution in [0.5, 0.6) is 0 Å². The molecule has 0 aromatic heterocycles. The predicted octanol–water partition coefficient (Wildman–Crippen LogP) is 0.281. The summed E-state index contributed by atoms with van der Waals surface area (Å²) in [6.45, 7) is 2.12. The number of nitrogens with one attached hydrogen (secondary N) is 1. The maximum atomic E-state index is 11.7. The molecule has 2 N–H and O–H groups in total. The largest absolute Gasteiger partial charge is 0.481 e. The number of carboxylic acids is 1. The van der Waals surface area contributed by atoms with Crippen LogP contribution in [0.2, 0.25) is 0 Å². The van der Waals surface area contributed by atoms with E-state index < -0.39 is 11.9 Å². The van der Waals surface area contributed by atoms with Crippen LogP contribution in [0, 0.1) is 5.92 Å². The van der Waals surface area contributed by atoms with Gasteiger partial charge in [0, 0.05) is 26.2 Å². The highest BCUT2D eigenvalue weighted by Gasteiger charge is 2.31. The highest BCUT2D eigenvalue weighted by molar-refractivity contribution is 5.77. The molecule has 0 aromatic carbocycles. The molecule has 6 nitrogen and oxygen atoms in total. The smallest absolute Gasteiger partial charge is 0.317 e. The summed E-state index contributed by atoms with van der Waals surface area (Å²) in [6.07, 6.45) is 2.70. The maximum absolute atomic E-state index is 11.7. The van der Waals surface area contributed by atoms with Crippen LogP contribution in [0.15, 0.2) is 0 Å². The zero-order chi connectivity index (χ0) is 12.3. The highest BCUT2D eigenvalue weighted by Crippen LogP contribution is 2.16. The molecule has 0 bridgehead atoms. The minimum absolute atomic E-state index is 0.122. The SMILES string of the molecule is O=C(O)C1CCN(C(=O)NCC2CCCO2)C1. The average molecular weight is 242 g/mol. The van der Waals surface area contributed by atoms with E-state index in [1.165, 1.54) is 0 Å². The summed E-state index contributed by atoms with van der Waals surface area (Å²) in [4.78, 5) is 24.1. The lowest BCUT2D eigenvalue weighted by molar-refractivity contribution is -0.141. The van der Waals surface area contributed by atoms with E-state index >= 15 is 0 Å². The number of hydrogen-bond donors (Lipinski definition) is 2. The molecule has 2 atom stereocenters. The number of ether oxygens (including phenoxy) is 1. The Kier molecular flexibility index (Phi) is 3.83. The fourth-order valence-corrected chi connectivity index (χ4v) is 2.26. The minimum Gasteiger partial charge on any atom is -0.481 e. The van der Waals surface area contributed by atoms with Crippen molar-refractivity contribution in [1.29, 1.82) is 0 Å². The molecule has 17 heavy (non-hydrogen) atoms. The molecule has 2 amide bonds. The van der Waals surface area contributed by atoms with Crippen molar-refractivity contribution in [2.75, 3.05) is 26.2 Å². The molecular weight excluding hydrogens is 224 g/mol. The lowest BCUT2D eigenvalue weighted by Crippen LogP contribution is -2.42. The molecule has 0 spiro atoms. The van der Waals surface area contributed by atoms with Crippen LogP contribution in [-0.2, 0) is 9.53 Å². The van der Waals surface area contributed by atoms with E-state index in [4.69, 9.17) is 9.84 Å². The Balaban J connectivity index is 1.71. The lowest BCUT2D eigenvalue weighted by Gasteiger charge is -2.18. The number of carbonyl (C=O) groups excluding carboxylic acids is 1. The third kappa shape index (κ3) is 3.09. The topological polar surface area (TPSA) is 78.9 Å². The molecule has 0 saturated carbocycles. The second kappa shape index (κ2) is 5.35. The van der Waals surface area contributed by atoms with Crippen LogP contribution in [0.25, 0.3) is 0 Å². The summed E-state index contributed by atoms with van der Waals surface area (Å²) in [5, 5.41) is 11.6. The van der Waals surface area contributed by atoms with Crippen LogP contribution in [-0.4, -0.2) is 54.4 Å². The Morgan fingerprint density at radius 2 is 2.24 bits per heavy atom. The van der Waals surface area contributed by atoms with Gasteiger partial charge in [-0.1, -0.05) is 0 Å². The van der Waals surface area contributed by atoms with Crippen LogP contribution < -0.4 is 5.32 Å². The molecule has 0 aliphatic carbocycles. The standard InChI is InChI=1S/C11H18N2O4/c14-10(15)8-3-4-13(7-8)11(16)12-6-9-2-1-5-17-9/h8-9H,1-7H2,(H,12,16)(H,14,15). The summed E-state index contributed by atoms with van der Waals surface area (Å²) in [5.74, 6) is -1.23.